The summed E-state index contributed by atoms with van der Waals surface area (Å²) >= 11 is 6.25. The molecule has 0 saturated carbocycles. The van der Waals surface area contributed by atoms with Crippen molar-refractivity contribution in [3.05, 3.63) is 65.3 Å². The van der Waals surface area contributed by atoms with Crippen molar-refractivity contribution < 1.29 is 53.4 Å². The number of fused-ring (bicyclic) bond motifs is 2. The maximum Gasteiger partial charge on any atom is 0.408 e. The molecule has 4 heterocycles. The van der Waals surface area contributed by atoms with Crippen LogP contribution in [0.3, 0.4) is 0 Å². The van der Waals surface area contributed by atoms with Crippen molar-refractivity contribution in [2.24, 2.45) is 0 Å². The maximum absolute atomic E-state index is 16.0. The molecule has 2 atom stereocenters. The van der Waals surface area contributed by atoms with Gasteiger partial charge in [0.2, 0.25) is 0 Å². The zero-order valence-corrected chi connectivity index (χ0v) is 33.1. The molecule has 0 radical (unpaired) electrons. The summed E-state index contributed by atoms with van der Waals surface area (Å²) in [6.07, 6.45) is -7.12. The van der Waals surface area contributed by atoms with E-state index in [4.69, 9.17) is 21.1 Å². The van der Waals surface area contributed by atoms with Crippen LogP contribution >= 0.6 is 11.6 Å². The first kappa shape index (κ1) is 44.6. The van der Waals surface area contributed by atoms with Crippen molar-refractivity contribution in [2.75, 3.05) is 55.9 Å². The van der Waals surface area contributed by atoms with Gasteiger partial charge >= 0.3 is 12.4 Å². The molecule has 14 nitrogen and oxygen atoms in total. The van der Waals surface area contributed by atoms with E-state index >= 15 is 17.6 Å². The average molecular weight is 893 g/mol. The zero-order valence-electron chi connectivity index (χ0n) is 32.4. The van der Waals surface area contributed by atoms with Crippen molar-refractivity contribution >= 4 is 40.6 Å². The van der Waals surface area contributed by atoms with Gasteiger partial charge in [0.1, 0.15) is 82.1 Å². The molecule has 0 aliphatic carbocycles. The highest BCUT2D eigenvalue weighted by Crippen LogP contribution is 2.43. The second-order valence-electron chi connectivity index (χ2n) is 13.5. The van der Waals surface area contributed by atoms with Gasteiger partial charge in [-0.25, -0.2) is 17.6 Å². The molecule has 0 aliphatic heterocycles. The van der Waals surface area contributed by atoms with Crippen molar-refractivity contribution in [3.8, 4) is 33.8 Å². The van der Waals surface area contributed by atoms with Gasteiger partial charge in [0, 0.05) is 37.9 Å². The Morgan fingerprint density at radius 3 is 1.61 bits per heavy atom. The Morgan fingerprint density at radius 2 is 1.13 bits per heavy atom. The molecule has 0 fully saturated rings. The van der Waals surface area contributed by atoms with Gasteiger partial charge in [0.15, 0.2) is 0 Å². The molecule has 6 rings (SSSR count). The molecule has 25 heteroatoms. The molecule has 328 valence electrons. The molecule has 61 heavy (non-hydrogen) atoms. The van der Waals surface area contributed by atoms with Crippen LogP contribution in [0.15, 0.2) is 36.9 Å². The first-order chi connectivity index (χ1) is 28.8. The van der Waals surface area contributed by atoms with E-state index in [1.807, 2.05) is 0 Å². The normalized spacial score (nSPS) is 13.2. The van der Waals surface area contributed by atoms with Crippen LogP contribution in [0.2, 0.25) is 5.15 Å². The van der Waals surface area contributed by atoms with E-state index in [2.05, 4.69) is 46.1 Å². The van der Waals surface area contributed by atoms with Crippen LogP contribution in [0.1, 0.15) is 26.7 Å². The maximum atomic E-state index is 16.0. The predicted octanol–water partition coefficient (Wildman–Crippen LogP) is 7.72. The molecule has 1 unspecified atom stereocenters. The van der Waals surface area contributed by atoms with Gasteiger partial charge in [-0.1, -0.05) is 11.6 Å². The van der Waals surface area contributed by atoms with Gasteiger partial charge in [0.05, 0.1) is 35.5 Å². The van der Waals surface area contributed by atoms with E-state index in [-0.39, 0.29) is 55.1 Å². The molecule has 2 aromatic carbocycles. The Hall–Kier alpha value is -5.91. The molecule has 0 saturated heterocycles. The highest BCUT2D eigenvalue weighted by atomic mass is 35.5. The Labute approximate surface area is 344 Å². The summed E-state index contributed by atoms with van der Waals surface area (Å²) in [6.45, 7) is 1.91. The summed E-state index contributed by atoms with van der Waals surface area (Å²) in [4.78, 5) is 17.4. The van der Waals surface area contributed by atoms with Crippen LogP contribution in [-0.4, -0.2) is 104 Å². The molecule has 3 N–H and O–H groups in total. The fraction of sp³-hybridized carbons (Fsp3) is 0.389. The smallest absolute Gasteiger partial charge is 0.408 e. The van der Waals surface area contributed by atoms with Gasteiger partial charge in [-0.15, -0.1) is 0 Å². The van der Waals surface area contributed by atoms with E-state index in [1.54, 1.807) is 7.05 Å². The predicted molar refractivity (Wildman–Crippen MR) is 203 cm³/mol. The summed E-state index contributed by atoms with van der Waals surface area (Å²) in [7, 11) is 3.14. The minimum absolute atomic E-state index is 0.0225. The van der Waals surface area contributed by atoms with Crippen LogP contribution in [0.5, 0.6) is 11.5 Å². The van der Waals surface area contributed by atoms with Crippen molar-refractivity contribution in [1.29, 1.82) is 0 Å². The summed E-state index contributed by atoms with van der Waals surface area (Å²) in [5.41, 5.74) is -2.62. The number of alkyl halides is 6. The lowest BCUT2D eigenvalue weighted by Crippen LogP contribution is -2.34. The van der Waals surface area contributed by atoms with Gasteiger partial charge in [-0.3, -0.25) is 0 Å². The fourth-order valence-corrected chi connectivity index (χ4v) is 6.26. The highest BCUT2D eigenvalue weighted by Gasteiger charge is 2.39. The number of halogens is 11. The molecule has 6 aromatic rings. The van der Waals surface area contributed by atoms with Crippen molar-refractivity contribution in [2.45, 2.75) is 51.1 Å². The molecule has 0 amide bonds. The lowest BCUT2D eigenvalue weighted by Gasteiger charge is -2.26. The van der Waals surface area contributed by atoms with Crippen LogP contribution < -0.4 is 30.3 Å². The van der Waals surface area contributed by atoms with E-state index in [0.717, 1.165) is 59.8 Å². The van der Waals surface area contributed by atoms with E-state index in [0.29, 0.717) is 13.0 Å². The summed E-state index contributed by atoms with van der Waals surface area (Å²) < 4.78 is 158. The molecule has 4 aromatic heterocycles. The summed E-state index contributed by atoms with van der Waals surface area (Å²) in [5.74, 6) is -7.20. The van der Waals surface area contributed by atoms with E-state index in [1.165, 1.54) is 11.9 Å². The van der Waals surface area contributed by atoms with Crippen LogP contribution in [-0.2, 0) is 0 Å². The quantitative estimate of drug-likeness (QED) is 0.0469. The number of ether oxygens (including phenoxy) is 2. The summed E-state index contributed by atoms with van der Waals surface area (Å²) in [5, 5.41) is 14.5. The van der Waals surface area contributed by atoms with Crippen molar-refractivity contribution in [3.63, 3.8) is 0 Å². The standard InChI is InChI=1S/C36H35ClF10N12O2/c1-17(35(42,43)44)53-31-27(29(37)55-33-49-15-51-58(31)33)25-21(38)11-20(12-22(25)39)61-10-6-8-57(4)30-28(26-23(40)13-19(14-24(26)41)60-9-5-7-48-3)32(54-18(2)36(45,46)47)59-34(56-30)50-16-52-59/h11-18,48,53-54H,5-10H2,1-4H3/t17-,18?/m0/s1. The van der Waals surface area contributed by atoms with E-state index < -0.39 is 86.7 Å². The Balaban J connectivity index is 1.28. The zero-order chi connectivity index (χ0) is 44.4. The first-order valence-electron chi connectivity index (χ1n) is 18.2. The number of rotatable bonds is 17. The molecular weight excluding hydrogens is 858 g/mol. The third-order valence-corrected chi connectivity index (χ3v) is 9.39. The number of hydrogen-bond acceptors (Lipinski definition) is 12. The number of aromatic nitrogens is 8. The number of benzene rings is 2. The second-order valence-corrected chi connectivity index (χ2v) is 13.9. The van der Waals surface area contributed by atoms with Crippen molar-refractivity contribution in [1.82, 2.24) is 44.5 Å². The largest absolute Gasteiger partial charge is 0.493 e. The van der Waals surface area contributed by atoms with Gasteiger partial charge < -0.3 is 30.3 Å². The first-order valence-corrected chi connectivity index (χ1v) is 18.6. The van der Waals surface area contributed by atoms with Crippen LogP contribution in [0, 0.1) is 23.3 Å². The highest BCUT2D eigenvalue weighted by molar-refractivity contribution is 6.33. The number of hydrogen-bond donors (Lipinski definition) is 3. The monoisotopic (exact) mass is 892 g/mol. The van der Waals surface area contributed by atoms with E-state index in [9.17, 15) is 26.3 Å². The number of nitrogens with one attached hydrogen (secondary N) is 3. The Bertz CT molecular complexity index is 2470. The number of nitrogens with zero attached hydrogens (tertiary/aromatic N) is 9. The topological polar surface area (TPSA) is 144 Å². The van der Waals surface area contributed by atoms with Crippen LogP contribution in [0.4, 0.5) is 61.4 Å². The second kappa shape index (κ2) is 18.0. The van der Waals surface area contributed by atoms with Gasteiger partial charge in [-0.2, -0.15) is 65.5 Å². The average Bonchev–Trinajstić information content (AvgIpc) is 3.85. The molecule has 0 aliphatic rings. The Morgan fingerprint density at radius 1 is 0.689 bits per heavy atom. The lowest BCUT2D eigenvalue weighted by molar-refractivity contribution is -0.139. The van der Waals surface area contributed by atoms with Crippen LogP contribution in [0.25, 0.3) is 33.8 Å². The third kappa shape index (κ3) is 9.69. The number of anilines is 3. The minimum atomic E-state index is -4.81. The Kier molecular flexibility index (Phi) is 13.2. The summed E-state index contributed by atoms with van der Waals surface area (Å²) in [6, 6.07) is -1.17. The molecule has 0 spiro atoms. The lowest BCUT2D eigenvalue weighted by atomic mass is 10.0. The minimum Gasteiger partial charge on any atom is -0.493 e. The third-order valence-electron chi connectivity index (χ3n) is 9.12. The fourth-order valence-electron chi connectivity index (χ4n) is 6.00. The van der Waals surface area contributed by atoms with Gasteiger partial charge in [0.25, 0.3) is 11.6 Å². The molecule has 0 bridgehead atoms. The SMILES string of the molecule is CNCCCOc1cc(F)c(-c2c(N(C)CCCOc3cc(F)c(-c4c(Cl)nc5ncnn5c4N[C@@H](C)C(F)(F)F)c(F)c3)nc3ncnn3c2NC(C)C(F)(F)F)c(F)c1. The van der Waals surface area contributed by atoms with Gasteiger partial charge in [-0.05, 0) is 40.3 Å². The molecular formula is C36H35ClF10N12O2.